The van der Waals surface area contributed by atoms with Crippen LogP contribution in [0.4, 0.5) is 39.5 Å². The normalized spacial score (nSPS) is 15.7. The van der Waals surface area contributed by atoms with Crippen molar-refractivity contribution in [2.45, 2.75) is 49.8 Å². The average Bonchev–Trinajstić information content (AvgIpc) is 2.60. The maximum Gasteiger partial charge on any atom is 0.460 e. The second-order valence-electron chi connectivity index (χ2n) is 6.23. The maximum atomic E-state index is 14.2. The third kappa shape index (κ3) is 4.46. The van der Waals surface area contributed by atoms with Crippen LogP contribution in [0.2, 0.25) is 0 Å². The first-order valence-electron chi connectivity index (χ1n) is 8.00. The molecule has 0 bridgehead atoms. The van der Waals surface area contributed by atoms with Crippen LogP contribution in [0.5, 0.6) is 0 Å². The van der Waals surface area contributed by atoms with Crippen molar-refractivity contribution >= 4 is 5.97 Å². The van der Waals surface area contributed by atoms with Gasteiger partial charge in [0, 0.05) is 7.11 Å². The van der Waals surface area contributed by atoms with Crippen LogP contribution in [0, 0.1) is 0 Å². The molecule has 0 saturated carbocycles. The molecule has 0 aliphatic heterocycles. The lowest BCUT2D eigenvalue weighted by Crippen LogP contribution is -2.62. The van der Waals surface area contributed by atoms with Gasteiger partial charge in [0.25, 0.3) is 0 Å². The molecular formula is C17H17F9O3. The Hall–Kier alpha value is -1.98. The van der Waals surface area contributed by atoms with Crippen LogP contribution in [0.15, 0.2) is 24.3 Å². The molecule has 0 amide bonds. The third-order valence-electron chi connectivity index (χ3n) is 4.21. The van der Waals surface area contributed by atoms with Gasteiger partial charge in [0.05, 0.1) is 24.2 Å². The van der Waals surface area contributed by atoms with Crippen molar-refractivity contribution in [1.82, 2.24) is 0 Å². The van der Waals surface area contributed by atoms with Crippen molar-refractivity contribution in [3.05, 3.63) is 35.4 Å². The second-order valence-corrected chi connectivity index (χ2v) is 6.23. The predicted octanol–water partition coefficient (Wildman–Crippen LogP) is 5.58. The molecule has 29 heavy (non-hydrogen) atoms. The smallest absolute Gasteiger partial charge is 0.460 e. The number of rotatable bonds is 8. The molecular weight excluding hydrogens is 423 g/mol. The summed E-state index contributed by atoms with van der Waals surface area (Å²) in [6, 6.07) is 4.56. The largest absolute Gasteiger partial charge is 0.462 e. The van der Waals surface area contributed by atoms with Gasteiger partial charge in [0.1, 0.15) is 0 Å². The van der Waals surface area contributed by atoms with E-state index in [1.54, 1.807) is 0 Å². The molecule has 12 heteroatoms. The Balaban J connectivity index is 3.47. The van der Waals surface area contributed by atoms with Crippen LogP contribution in [-0.4, -0.2) is 43.6 Å². The number of esters is 1. The van der Waals surface area contributed by atoms with E-state index in [9.17, 15) is 44.3 Å². The van der Waals surface area contributed by atoms with Gasteiger partial charge in [-0.05, 0) is 25.5 Å². The van der Waals surface area contributed by atoms with Crippen LogP contribution >= 0.6 is 0 Å². The van der Waals surface area contributed by atoms with E-state index >= 15 is 0 Å². The van der Waals surface area contributed by atoms with E-state index in [0.717, 1.165) is 26.2 Å². The molecule has 1 aromatic rings. The number of ether oxygens (including phenoxy) is 2. The van der Waals surface area contributed by atoms with Gasteiger partial charge in [-0.1, -0.05) is 18.2 Å². The van der Waals surface area contributed by atoms with E-state index in [4.69, 9.17) is 9.47 Å². The molecule has 0 aliphatic rings. The summed E-state index contributed by atoms with van der Waals surface area (Å²) >= 11 is 0. The molecule has 0 fully saturated rings. The van der Waals surface area contributed by atoms with Crippen LogP contribution < -0.4 is 0 Å². The highest BCUT2D eigenvalue weighted by atomic mass is 19.4. The highest BCUT2D eigenvalue weighted by Gasteiger charge is 2.82. The van der Waals surface area contributed by atoms with Crippen molar-refractivity contribution in [2.75, 3.05) is 13.7 Å². The summed E-state index contributed by atoms with van der Waals surface area (Å²) in [7, 11) is 0.748. The molecule has 1 aromatic carbocycles. The van der Waals surface area contributed by atoms with Gasteiger partial charge in [0.15, 0.2) is 0 Å². The molecule has 0 radical (unpaired) electrons. The molecule has 0 saturated heterocycles. The minimum Gasteiger partial charge on any atom is -0.462 e. The van der Waals surface area contributed by atoms with Crippen molar-refractivity contribution in [2.24, 2.45) is 0 Å². The lowest BCUT2D eigenvalue weighted by atomic mass is 9.83. The highest BCUT2D eigenvalue weighted by molar-refractivity contribution is 5.91. The van der Waals surface area contributed by atoms with Gasteiger partial charge >= 0.3 is 29.9 Å². The SMILES string of the molecule is CCOC(=O)c1ccccc1C(C)(CC(F)(F)C(F)(F)C(F)(F)C(F)(F)F)OC. The lowest BCUT2D eigenvalue weighted by Gasteiger charge is -2.39. The minimum atomic E-state index is -7.02. The molecule has 3 nitrogen and oxygen atoms in total. The molecule has 166 valence electrons. The predicted molar refractivity (Wildman–Crippen MR) is 82.3 cm³/mol. The minimum absolute atomic E-state index is 0.136. The first-order chi connectivity index (χ1) is 13.0. The van der Waals surface area contributed by atoms with E-state index in [1.807, 2.05) is 0 Å². The van der Waals surface area contributed by atoms with E-state index in [2.05, 4.69) is 0 Å². The van der Waals surface area contributed by atoms with Crippen molar-refractivity contribution in [1.29, 1.82) is 0 Å². The lowest BCUT2D eigenvalue weighted by molar-refractivity contribution is -0.400. The number of halogens is 9. The zero-order valence-electron chi connectivity index (χ0n) is 15.4. The Bertz CT molecular complexity index is 731. The second kappa shape index (κ2) is 8.04. The van der Waals surface area contributed by atoms with Crippen molar-refractivity contribution in [3.8, 4) is 0 Å². The zero-order valence-corrected chi connectivity index (χ0v) is 15.4. The fourth-order valence-electron chi connectivity index (χ4n) is 2.55. The topological polar surface area (TPSA) is 35.5 Å². The highest BCUT2D eigenvalue weighted by Crippen LogP contribution is 2.56. The molecule has 0 spiro atoms. The number of alkyl halides is 9. The van der Waals surface area contributed by atoms with Gasteiger partial charge in [-0.3, -0.25) is 0 Å². The Kier molecular flexibility index (Phi) is 6.94. The fourth-order valence-corrected chi connectivity index (χ4v) is 2.55. The van der Waals surface area contributed by atoms with Gasteiger partial charge < -0.3 is 9.47 Å². The summed E-state index contributed by atoms with van der Waals surface area (Å²) in [6.07, 6.45) is -9.21. The first kappa shape index (κ1) is 25.1. The summed E-state index contributed by atoms with van der Waals surface area (Å²) < 4.78 is 128. The quantitative estimate of drug-likeness (QED) is 0.391. The van der Waals surface area contributed by atoms with Crippen molar-refractivity contribution in [3.63, 3.8) is 0 Å². The maximum absolute atomic E-state index is 14.2. The molecule has 1 unspecified atom stereocenters. The van der Waals surface area contributed by atoms with Crippen LogP contribution in [0.3, 0.4) is 0 Å². The zero-order chi connectivity index (χ0) is 22.9. The average molecular weight is 440 g/mol. The monoisotopic (exact) mass is 440 g/mol. The summed E-state index contributed by atoms with van der Waals surface area (Å²) in [5.41, 5.74) is -3.40. The van der Waals surface area contributed by atoms with E-state index < -0.39 is 53.1 Å². The van der Waals surface area contributed by atoms with Crippen LogP contribution in [-0.2, 0) is 15.1 Å². The number of methoxy groups -OCH3 is 1. The molecule has 0 N–H and O–H groups in total. The Morgan fingerprint density at radius 3 is 1.90 bits per heavy atom. The van der Waals surface area contributed by atoms with Gasteiger partial charge in [-0.2, -0.15) is 39.5 Å². The van der Waals surface area contributed by atoms with Crippen molar-refractivity contribution < 1.29 is 53.8 Å². The molecule has 1 atom stereocenters. The Labute approximate surface area is 159 Å². The van der Waals surface area contributed by atoms with Gasteiger partial charge in [0.2, 0.25) is 0 Å². The number of carbonyl (C=O) groups excluding carboxylic acids is 1. The summed E-state index contributed by atoms with van der Waals surface area (Å²) in [5.74, 6) is -20.7. The van der Waals surface area contributed by atoms with E-state index in [-0.39, 0.29) is 6.61 Å². The Morgan fingerprint density at radius 2 is 1.45 bits per heavy atom. The summed E-state index contributed by atoms with van der Waals surface area (Å²) in [6.45, 7) is 2.04. The van der Waals surface area contributed by atoms with Crippen LogP contribution in [0.25, 0.3) is 0 Å². The number of benzene rings is 1. The molecule has 0 aromatic heterocycles. The number of carbonyl (C=O) groups is 1. The van der Waals surface area contributed by atoms with Gasteiger partial charge in [-0.25, -0.2) is 4.79 Å². The summed E-state index contributed by atoms with van der Waals surface area (Å²) in [5, 5.41) is 0. The van der Waals surface area contributed by atoms with Crippen LogP contribution in [0.1, 0.15) is 36.2 Å². The number of hydrogen-bond acceptors (Lipinski definition) is 3. The van der Waals surface area contributed by atoms with Gasteiger partial charge in [-0.15, -0.1) is 0 Å². The number of hydrogen-bond donors (Lipinski definition) is 0. The standard InChI is InChI=1S/C17H17F9O3/c1-4-29-12(27)10-7-5-6-8-11(10)13(2,28-3)9-14(18,19)15(20,21)16(22,23)17(24,25)26/h5-8H,4,9H2,1-3H3. The van der Waals surface area contributed by atoms with E-state index in [0.29, 0.717) is 0 Å². The fraction of sp³-hybridized carbons (Fsp3) is 0.588. The third-order valence-corrected chi connectivity index (χ3v) is 4.21. The first-order valence-corrected chi connectivity index (χ1v) is 8.00. The summed E-state index contributed by atoms with van der Waals surface area (Å²) in [4.78, 5) is 12.0. The molecule has 1 rings (SSSR count). The molecule has 0 heterocycles. The molecule has 0 aliphatic carbocycles. The Morgan fingerprint density at radius 1 is 0.931 bits per heavy atom. The van der Waals surface area contributed by atoms with E-state index in [1.165, 1.54) is 19.1 Å².